The van der Waals surface area contributed by atoms with Crippen LogP contribution < -0.4 is 5.32 Å². The van der Waals surface area contributed by atoms with Gasteiger partial charge in [-0.05, 0) is 48.2 Å². The highest BCUT2D eigenvalue weighted by Crippen LogP contribution is 2.31. The Kier molecular flexibility index (Phi) is 6.03. The zero-order valence-corrected chi connectivity index (χ0v) is 15.8. The number of nitrogens with one attached hydrogen (secondary N) is 1. The molecule has 0 aliphatic rings. The second-order valence-corrected chi connectivity index (χ2v) is 7.50. The van der Waals surface area contributed by atoms with Crippen molar-refractivity contribution in [1.82, 2.24) is 5.32 Å². The molecule has 0 saturated carbocycles. The minimum Gasteiger partial charge on any atom is -0.309 e. The van der Waals surface area contributed by atoms with Gasteiger partial charge in [0.25, 0.3) is 0 Å². The van der Waals surface area contributed by atoms with Gasteiger partial charge in [0.15, 0.2) is 0 Å². The molecule has 2 rings (SSSR count). The van der Waals surface area contributed by atoms with Crippen LogP contribution in [-0.4, -0.2) is 7.05 Å². The molecule has 21 heavy (non-hydrogen) atoms. The van der Waals surface area contributed by atoms with Gasteiger partial charge in [-0.2, -0.15) is 0 Å². The first-order chi connectivity index (χ1) is 10.0. The largest absolute Gasteiger partial charge is 0.309 e. The molecule has 0 spiro atoms. The Morgan fingerprint density at radius 1 is 1.05 bits per heavy atom. The van der Waals surface area contributed by atoms with E-state index < -0.39 is 0 Å². The normalized spacial score (nSPS) is 12.7. The molecule has 112 valence electrons. The highest BCUT2D eigenvalue weighted by molar-refractivity contribution is 9.11. The van der Waals surface area contributed by atoms with Gasteiger partial charge in [0.1, 0.15) is 0 Å². The van der Waals surface area contributed by atoms with Crippen LogP contribution in [0.3, 0.4) is 0 Å². The van der Waals surface area contributed by atoms with Gasteiger partial charge in [-0.25, -0.2) is 0 Å². The Hall–Kier alpha value is -0.640. The van der Waals surface area contributed by atoms with Crippen LogP contribution in [0.1, 0.15) is 36.6 Å². The van der Waals surface area contributed by atoms with E-state index in [2.05, 4.69) is 93.5 Å². The lowest BCUT2D eigenvalue weighted by molar-refractivity contribution is 0.643. The molecule has 0 fully saturated rings. The second kappa shape index (κ2) is 7.57. The highest BCUT2D eigenvalue weighted by Gasteiger charge is 2.15. The van der Waals surface area contributed by atoms with Crippen molar-refractivity contribution in [2.45, 2.75) is 26.3 Å². The molecular weight excluding hydrogens is 390 g/mol. The van der Waals surface area contributed by atoms with Crippen molar-refractivity contribution in [3.63, 3.8) is 0 Å². The van der Waals surface area contributed by atoms with Crippen molar-refractivity contribution in [2.75, 3.05) is 7.05 Å². The second-order valence-electron chi connectivity index (χ2n) is 5.73. The van der Waals surface area contributed by atoms with Crippen LogP contribution >= 0.6 is 31.9 Å². The molecule has 1 unspecified atom stereocenters. The number of hydrogen-bond donors (Lipinski definition) is 1. The third-order valence-corrected chi connectivity index (χ3v) is 4.67. The minimum absolute atomic E-state index is 0.194. The summed E-state index contributed by atoms with van der Waals surface area (Å²) in [6, 6.07) is 15.4. The molecule has 0 radical (unpaired) electrons. The SMILES string of the molecule is CNC(c1cccc(CC(C)C)c1)c1ccc(Br)cc1Br. The van der Waals surface area contributed by atoms with E-state index in [1.165, 1.54) is 16.7 Å². The van der Waals surface area contributed by atoms with E-state index in [1.807, 2.05) is 7.05 Å². The maximum absolute atomic E-state index is 3.67. The molecule has 1 N–H and O–H groups in total. The quantitative estimate of drug-likeness (QED) is 0.664. The number of benzene rings is 2. The van der Waals surface area contributed by atoms with Gasteiger partial charge in [-0.15, -0.1) is 0 Å². The van der Waals surface area contributed by atoms with Crippen molar-refractivity contribution in [2.24, 2.45) is 5.92 Å². The van der Waals surface area contributed by atoms with Gasteiger partial charge in [0.05, 0.1) is 6.04 Å². The summed E-state index contributed by atoms with van der Waals surface area (Å²) in [7, 11) is 2.01. The molecule has 2 aromatic carbocycles. The van der Waals surface area contributed by atoms with Crippen LogP contribution in [0, 0.1) is 5.92 Å². The summed E-state index contributed by atoms with van der Waals surface area (Å²) in [6.07, 6.45) is 1.12. The van der Waals surface area contributed by atoms with Gasteiger partial charge in [0.2, 0.25) is 0 Å². The van der Waals surface area contributed by atoms with Crippen LogP contribution in [0.2, 0.25) is 0 Å². The third kappa shape index (κ3) is 4.41. The molecule has 1 atom stereocenters. The lowest BCUT2D eigenvalue weighted by Crippen LogP contribution is -2.18. The van der Waals surface area contributed by atoms with Crippen LogP contribution in [-0.2, 0) is 6.42 Å². The van der Waals surface area contributed by atoms with Crippen LogP contribution in [0.5, 0.6) is 0 Å². The lowest BCUT2D eigenvalue weighted by atomic mass is 9.95. The van der Waals surface area contributed by atoms with Crippen LogP contribution in [0.15, 0.2) is 51.4 Å². The Bertz CT molecular complexity index is 608. The van der Waals surface area contributed by atoms with Crippen LogP contribution in [0.25, 0.3) is 0 Å². The fourth-order valence-corrected chi connectivity index (χ4v) is 3.88. The summed E-state index contributed by atoms with van der Waals surface area (Å²) in [4.78, 5) is 0. The van der Waals surface area contributed by atoms with E-state index in [-0.39, 0.29) is 6.04 Å². The Balaban J connectivity index is 2.37. The van der Waals surface area contributed by atoms with E-state index in [0.29, 0.717) is 5.92 Å². The summed E-state index contributed by atoms with van der Waals surface area (Å²) in [5.74, 6) is 0.674. The molecule has 2 aromatic rings. The molecule has 3 heteroatoms. The zero-order chi connectivity index (χ0) is 15.4. The summed E-state index contributed by atoms with van der Waals surface area (Å²) in [6.45, 7) is 4.51. The Morgan fingerprint density at radius 2 is 1.81 bits per heavy atom. The average molecular weight is 411 g/mol. The maximum atomic E-state index is 3.67. The van der Waals surface area contributed by atoms with Crippen molar-refractivity contribution in [1.29, 1.82) is 0 Å². The number of hydrogen-bond acceptors (Lipinski definition) is 1. The van der Waals surface area contributed by atoms with Gasteiger partial charge in [-0.3, -0.25) is 0 Å². The Labute approximate surface area is 144 Å². The van der Waals surface area contributed by atoms with E-state index >= 15 is 0 Å². The maximum Gasteiger partial charge on any atom is 0.0585 e. The van der Waals surface area contributed by atoms with Crippen molar-refractivity contribution in [3.8, 4) is 0 Å². The Morgan fingerprint density at radius 3 is 2.43 bits per heavy atom. The van der Waals surface area contributed by atoms with Crippen LogP contribution in [0.4, 0.5) is 0 Å². The predicted molar refractivity (Wildman–Crippen MR) is 97.7 cm³/mol. The zero-order valence-electron chi connectivity index (χ0n) is 12.7. The lowest BCUT2D eigenvalue weighted by Gasteiger charge is -2.20. The highest BCUT2D eigenvalue weighted by atomic mass is 79.9. The van der Waals surface area contributed by atoms with Gasteiger partial charge >= 0.3 is 0 Å². The molecule has 0 aliphatic heterocycles. The summed E-state index contributed by atoms with van der Waals surface area (Å²) in [5.41, 5.74) is 3.96. The number of halogens is 2. The first kappa shape index (κ1) is 16.7. The molecule has 0 saturated heterocycles. The van der Waals surface area contributed by atoms with Gasteiger partial charge < -0.3 is 5.32 Å². The van der Waals surface area contributed by atoms with Crippen molar-refractivity contribution in [3.05, 3.63) is 68.1 Å². The summed E-state index contributed by atoms with van der Waals surface area (Å²) >= 11 is 7.19. The van der Waals surface area contributed by atoms with Gasteiger partial charge in [-0.1, -0.05) is 76.0 Å². The van der Waals surface area contributed by atoms with Crippen molar-refractivity contribution >= 4 is 31.9 Å². The third-order valence-electron chi connectivity index (χ3n) is 3.49. The molecule has 1 nitrogen and oxygen atoms in total. The monoisotopic (exact) mass is 409 g/mol. The smallest absolute Gasteiger partial charge is 0.0585 e. The first-order valence-corrected chi connectivity index (χ1v) is 8.81. The first-order valence-electron chi connectivity index (χ1n) is 7.22. The minimum atomic E-state index is 0.194. The molecule has 0 aliphatic carbocycles. The van der Waals surface area contributed by atoms with E-state index in [0.717, 1.165) is 15.4 Å². The van der Waals surface area contributed by atoms with Crippen molar-refractivity contribution < 1.29 is 0 Å². The fourth-order valence-electron chi connectivity index (χ4n) is 2.61. The molecular formula is C18H21Br2N. The fraction of sp³-hybridized carbons (Fsp3) is 0.333. The van der Waals surface area contributed by atoms with Gasteiger partial charge in [0, 0.05) is 8.95 Å². The van der Waals surface area contributed by atoms with E-state index in [1.54, 1.807) is 0 Å². The average Bonchev–Trinajstić information content (AvgIpc) is 2.41. The summed E-state index contributed by atoms with van der Waals surface area (Å²) in [5, 5.41) is 3.43. The standard InChI is InChI=1S/C18H21Br2N/c1-12(2)9-13-5-4-6-14(10-13)18(21-3)16-8-7-15(19)11-17(16)20/h4-8,10-12,18,21H,9H2,1-3H3. The molecule has 0 aromatic heterocycles. The molecule has 0 bridgehead atoms. The molecule has 0 heterocycles. The summed E-state index contributed by atoms with van der Waals surface area (Å²) < 4.78 is 2.20. The topological polar surface area (TPSA) is 12.0 Å². The van der Waals surface area contributed by atoms with E-state index in [9.17, 15) is 0 Å². The molecule has 0 amide bonds. The predicted octanol–water partition coefficient (Wildman–Crippen LogP) is 5.72. The van der Waals surface area contributed by atoms with E-state index in [4.69, 9.17) is 0 Å². The number of rotatable bonds is 5.